The number of hydrogen-bond acceptors (Lipinski definition) is 2. The van der Waals surface area contributed by atoms with Gasteiger partial charge in [0.2, 0.25) is 0 Å². The first-order valence-electron chi connectivity index (χ1n) is 4.84. The van der Waals surface area contributed by atoms with Crippen molar-refractivity contribution in [2.75, 3.05) is 6.54 Å². The molecule has 0 rings (SSSR count). The molecule has 0 aliphatic rings. The molecule has 0 atom stereocenters. The molecule has 13 heavy (non-hydrogen) atoms. The zero-order valence-corrected chi connectivity index (χ0v) is 9.33. The third kappa shape index (κ3) is 4.10. The van der Waals surface area contributed by atoms with Crippen LogP contribution < -0.4 is 0 Å². The van der Waals surface area contributed by atoms with E-state index in [1.165, 1.54) is 0 Å². The smallest absolute Gasteiger partial charge is 0.0957 e. The highest BCUT2D eigenvalue weighted by molar-refractivity contribution is 5.21. The van der Waals surface area contributed by atoms with E-state index in [9.17, 15) is 0 Å². The fourth-order valence-corrected chi connectivity index (χ4v) is 1.35. The molecule has 0 aromatic rings. The van der Waals surface area contributed by atoms with Crippen LogP contribution >= 0.6 is 0 Å². The van der Waals surface area contributed by atoms with E-state index in [-0.39, 0.29) is 0 Å². The van der Waals surface area contributed by atoms with Crippen molar-refractivity contribution >= 4 is 0 Å². The largest absolute Gasteiger partial charge is 0.294 e. The molecule has 2 nitrogen and oxygen atoms in total. The number of nitrogens with zero attached hydrogens (tertiary/aromatic N) is 2. The number of rotatable bonds is 4. The second-order valence-electron chi connectivity index (χ2n) is 3.79. The van der Waals surface area contributed by atoms with E-state index < -0.39 is 0 Å². The number of allylic oxidation sites excluding steroid dienone is 1. The SMILES string of the molecule is C/C=C(/C#N)CN(C(C)C)C(C)C. The molecule has 0 aliphatic heterocycles. The van der Waals surface area contributed by atoms with Crippen LogP contribution in [0.4, 0.5) is 0 Å². The Morgan fingerprint density at radius 2 is 1.77 bits per heavy atom. The Morgan fingerprint density at radius 1 is 1.31 bits per heavy atom. The number of hydrogen-bond donors (Lipinski definition) is 0. The average molecular weight is 180 g/mol. The molecule has 0 N–H and O–H groups in total. The predicted octanol–water partition coefficient (Wildman–Crippen LogP) is 2.58. The Bertz CT molecular complexity index is 201. The highest BCUT2D eigenvalue weighted by Gasteiger charge is 2.14. The summed E-state index contributed by atoms with van der Waals surface area (Å²) in [6.07, 6.45) is 1.89. The van der Waals surface area contributed by atoms with Gasteiger partial charge in [-0.25, -0.2) is 0 Å². The molecular weight excluding hydrogens is 160 g/mol. The Labute approximate surface area is 81.9 Å². The quantitative estimate of drug-likeness (QED) is 0.622. The standard InChI is InChI=1S/C11H20N2/c1-6-11(7-12)8-13(9(2)3)10(4)5/h6,9-10H,8H2,1-5H3/b11-6-. The average Bonchev–Trinajstić information content (AvgIpc) is 2.05. The Hall–Kier alpha value is -0.810. The van der Waals surface area contributed by atoms with Gasteiger partial charge in [0, 0.05) is 24.2 Å². The van der Waals surface area contributed by atoms with Crippen molar-refractivity contribution in [3.63, 3.8) is 0 Å². The maximum absolute atomic E-state index is 8.79. The van der Waals surface area contributed by atoms with Gasteiger partial charge in [0.25, 0.3) is 0 Å². The molecule has 0 aliphatic carbocycles. The van der Waals surface area contributed by atoms with Crippen LogP contribution in [0.5, 0.6) is 0 Å². The van der Waals surface area contributed by atoms with Crippen LogP contribution in [0.1, 0.15) is 34.6 Å². The molecule has 74 valence electrons. The van der Waals surface area contributed by atoms with Crippen LogP contribution in [0.2, 0.25) is 0 Å². The van der Waals surface area contributed by atoms with Gasteiger partial charge in [-0.15, -0.1) is 0 Å². The van der Waals surface area contributed by atoms with Gasteiger partial charge in [-0.2, -0.15) is 5.26 Å². The normalized spacial score (nSPS) is 12.7. The topological polar surface area (TPSA) is 27.0 Å². The Kier molecular flexibility index (Phi) is 5.41. The van der Waals surface area contributed by atoms with Gasteiger partial charge in [-0.05, 0) is 34.6 Å². The maximum Gasteiger partial charge on any atom is 0.0957 e. The van der Waals surface area contributed by atoms with Gasteiger partial charge in [0.1, 0.15) is 0 Å². The summed E-state index contributed by atoms with van der Waals surface area (Å²) in [5.74, 6) is 0. The molecule has 0 fully saturated rings. The van der Waals surface area contributed by atoms with Gasteiger partial charge in [0.15, 0.2) is 0 Å². The van der Waals surface area contributed by atoms with E-state index in [0.29, 0.717) is 12.1 Å². The van der Waals surface area contributed by atoms with Crippen LogP contribution in [-0.4, -0.2) is 23.5 Å². The van der Waals surface area contributed by atoms with E-state index in [0.717, 1.165) is 12.1 Å². The van der Waals surface area contributed by atoms with Crippen molar-refractivity contribution in [2.24, 2.45) is 0 Å². The molecule has 0 saturated carbocycles. The van der Waals surface area contributed by atoms with Crippen molar-refractivity contribution in [1.29, 1.82) is 5.26 Å². The van der Waals surface area contributed by atoms with Crippen LogP contribution in [0.15, 0.2) is 11.6 Å². The molecule has 0 bridgehead atoms. The molecule has 2 heteroatoms. The third-order valence-corrected chi connectivity index (χ3v) is 2.17. The number of nitriles is 1. The zero-order chi connectivity index (χ0) is 10.4. The van der Waals surface area contributed by atoms with E-state index >= 15 is 0 Å². The highest BCUT2D eigenvalue weighted by Crippen LogP contribution is 2.08. The van der Waals surface area contributed by atoms with Crippen LogP contribution in [0, 0.1) is 11.3 Å². The molecule has 0 spiro atoms. The van der Waals surface area contributed by atoms with E-state index in [1.54, 1.807) is 0 Å². The molecule has 0 amide bonds. The Balaban J connectivity index is 4.36. The molecule has 0 radical (unpaired) electrons. The summed E-state index contributed by atoms with van der Waals surface area (Å²) in [5, 5.41) is 8.79. The lowest BCUT2D eigenvalue weighted by molar-refractivity contribution is 0.193. The summed E-state index contributed by atoms with van der Waals surface area (Å²) >= 11 is 0. The highest BCUT2D eigenvalue weighted by atomic mass is 15.2. The van der Waals surface area contributed by atoms with Crippen LogP contribution in [-0.2, 0) is 0 Å². The molecule has 0 heterocycles. The third-order valence-electron chi connectivity index (χ3n) is 2.17. The molecule has 0 aromatic carbocycles. The minimum Gasteiger partial charge on any atom is -0.294 e. The Morgan fingerprint density at radius 3 is 2.00 bits per heavy atom. The summed E-state index contributed by atoms with van der Waals surface area (Å²) < 4.78 is 0. The van der Waals surface area contributed by atoms with Gasteiger partial charge < -0.3 is 0 Å². The lowest BCUT2D eigenvalue weighted by atomic mass is 10.2. The maximum atomic E-state index is 8.79. The summed E-state index contributed by atoms with van der Waals surface area (Å²) in [4.78, 5) is 2.30. The van der Waals surface area contributed by atoms with Gasteiger partial charge in [-0.1, -0.05) is 6.08 Å². The molecule has 0 unspecified atom stereocenters. The van der Waals surface area contributed by atoms with Crippen molar-refractivity contribution < 1.29 is 0 Å². The van der Waals surface area contributed by atoms with Gasteiger partial charge in [-0.3, -0.25) is 4.90 Å². The van der Waals surface area contributed by atoms with Crippen molar-refractivity contribution in [1.82, 2.24) is 4.90 Å². The monoisotopic (exact) mass is 180 g/mol. The van der Waals surface area contributed by atoms with Gasteiger partial charge >= 0.3 is 0 Å². The first-order valence-corrected chi connectivity index (χ1v) is 4.84. The fourth-order valence-electron chi connectivity index (χ4n) is 1.35. The molecular formula is C11H20N2. The summed E-state index contributed by atoms with van der Waals surface area (Å²) in [5.41, 5.74) is 0.849. The fraction of sp³-hybridized carbons (Fsp3) is 0.727. The van der Waals surface area contributed by atoms with E-state index in [4.69, 9.17) is 5.26 Å². The van der Waals surface area contributed by atoms with Crippen molar-refractivity contribution in [2.45, 2.75) is 46.7 Å². The molecule has 0 aromatic heterocycles. The minimum absolute atomic E-state index is 0.489. The second kappa shape index (κ2) is 5.77. The summed E-state index contributed by atoms with van der Waals surface area (Å²) in [6.45, 7) is 11.3. The van der Waals surface area contributed by atoms with Crippen LogP contribution in [0.3, 0.4) is 0 Å². The zero-order valence-electron chi connectivity index (χ0n) is 9.33. The minimum atomic E-state index is 0.489. The van der Waals surface area contributed by atoms with Crippen molar-refractivity contribution in [3.8, 4) is 6.07 Å². The lowest BCUT2D eigenvalue weighted by Crippen LogP contribution is -2.38. The second-order valence-corrected chi connectivity index (χ2v) is 3.79. The predicted molar refractivity (Wildman–Crippen MR) is 56.3 cm³/mol. The van der Waals surface area contributed by atoms with Crippen LogP contribution in [0.25, 0.3) is 0 Å². The lowest BCUT2D eigenvalue weighted by Gasteiger charge is -2.30. The van der Waals surface area contributed by atoms with Gasteiger partial charge in [0.05, 0.1) is 6.07 Å². The summed E-state index contributed by atoms with van der Waals surface area (Å²) in [6, 6.07) is 3.19. The molecule has 0 saturated heterocycles. The van der Waals surface area contributed by atoms with Crippen molar-refractivity contribution in [3.05, 3.63) is 11.6 Å². The first-order chi connectivity index (χ1) is 6.02. The first kappa shape index (κ1) is 12.2. The van der Waals surface area contributed by atoms with E-state index in [1.807, 2.05) is 13.0 Å². The summed E-state index contributed by atoms with van der Waals surface area (Å²) in [7, 11) is 0. The van der Waals surface area contributed by atoms with E-state index in [2.05, 4.69) is 38.7 Å².